The Kier molecular flexibility index (Phi) is 2.57. The first-order valence-corrected chi connectivity index (χ1v) is 7.08. The summed E-state index contributed by atoms with van der Waals surface area (Å²) in [4.78, 5) is 19.0. The average Bonchev–Trinajstić information content (AvgIpc) is 3.07. The molecule has 2 aromatic rings. The predicted molar refractivity (Wildman–Crippen MR) is 73.5 cm³/mol. The molecule has 4 rings (SSSR count). The normalized spacial score (nSPS) is 23.8. The Hall–Kier alpha value is -1.88. The molecule has 0 spiro atoms. The van der Waals surface area contributed by atoms with Gasteiger partial charge in [0.05, 0.1) is 11.1 Å². The maximum absolute atomic E-state index is 12.6. The first-order valence-electron chi connectivity index (χ1n) is 6.70. The maximum Gasteiger partial charge on any atom is 0.272 e. The van der Waals surface area contributed by atoms with Gasteiger partial charge in [0, 0.05) is 30.6 Å². The molecule has 4 heterocycles. The van der Waals surface area contributed by atoms with E-state index in [1.54, 1.807) is 18.5 Å². The quantitative estimate of drug-likeness (QED) is 0.876. The fraction of sp³-hybridized carbons (Fsp3) is 0.357. The van der Waals surface area contributed by atoms with Crippen molar-refractivity contribution in [2.45, 2.75) is 31.3 Å². The van der Waals surface area contributed by atoms with Gasteiger partial charge in [0.1, 0.15) is 5.69 Å². The van der Waals surface area contributed by atoms with Crippen molar-refractivity contribution in [1.29, 1.82) is 0 Å². The third-order valence-corrected chi connectivity index (χ3v) is 4.43. The largest absolute Gasteiger partial charge is 0.327 e. The summed E-state index contributed by atoms with van der Waals surface area (Å²) in [6.45, 7) is 0. The second-order valence-corrected chi connectivity index (χ2v) is 5.76. The summed E-state index contributed by atoms with van der Waals surface area (Å²) in [6.07, 6.45) is 6.08. The minimum Gasteiger partial charge on any atom is -0.327 e. The highest BCUT2D eigenvalue weighted by Crippen LogP contribution is 2.44. The monoisotopic (exact) mass is 288 g/mol. The van der Waals surface area contributed by atoms with Crippen LogP contribution in [0, 0.1) is 0 Å². The van der Waals surface area contributed by atoms with Gasteiger partial charge in [0.15, 0.2) is 0 Å². The average molecular weight is 289 g/mol. The topological polar surface area (TPSA) is 61.9 Å². The van der Waals surface area contributed by atoms with E-state index in [-0.39, 0.29) is 18.0 Å². The van der Waals surface area contributed by atoms with E-state index in [9.17, 15) is 4.79 Å². The number of hydrogen-bond donors (Lipinski definition) is 1. The number of rotatable bonds is 1. The summed E-state index contributed by atoms with van der Waals surface area (Å²) in [5, 5.41) is 7.24. The van der Waals surface area contributed by atoms with Crippen molar-refractivity contribution < 1.29 is 4.79 Å². The Balaban J connectivity index is 1.75. The van der Waals surface area contributed by atoms with E-state index < -0.39 is 0 Å². The second-order valence-electron chi connectivity index (χ2n) is 5.32. The van der Waals surface area contributed by atoms with Crippen molar-refractivity contribution in [3.63, 3.8) is 0 Å². The summed E-state index contributed by atoms with van der Waals surface area (Å²) in [6, 6.07) is 3.99. The molecule has 2 aliphatic rings. The Morgan fingerprint density at radius 2 is 2.35 bits per heavy atom. The van der Waals surface area contributed by atoms with E-state index in [1.807, 2.05) is 11.0 Å². The van der Waals surface area contributed by atoms with Gasteiger partial charge < -0.3 is 4.90 Å². The van der Waals surface area contributed by atoms with Crippen molar-refractivity contribution in [3.05, 3.63) is 46.5 Å². The summed E-state index contributed by atoms with van der Waals surface area (Å²) in [5.74, 6) is 0.0145. The van der Waals surface area contributed by atoms with Gasteiger partial charge in [-0.25, -0.2) is 0 Å². The van der Waals surface area contributed by atoms with Gasteiger partial charge in [-0.3, -0.25) is 14.9 Å². The Labute approximate surface area is 121 Å². The molecule has 0 aliphatic carbocycles. The van der Waals surface area contributed by atoms with Gasteiger partial charge in [0.25, 0.3) is 5.91 Å². The number of aromatic nitrogens is 3. The molecule has 0 unspecified atom stereocenters. The molecule has 0 saturated carbocycles. The van der Waals surface area contributed by atoms with E-state index in [0.717, 1.165) is 30.5 Å². The van der Waals surface area contributed by atoms with Crippen LogP contribution in [0.2, 0.25) is 5.02 Å². The number of hydrogen-bond acceptors (Lipinski definition) is 3. The van der Waals surface area contributed by atoms with Crippen molar-refractivity contribution in [2.24, 2.45) is 0 Å². The molecule has 1 amide bonds. The van der Waals surface area contributed by atoms with Crippen LogP contribution in [-0.4, -0.2) is 32.0 Å². The Bertz CT molecular complexity index is 670. The van der Waals surface area contributed by atoms with Gasteiger partial charge in [-0.05, 0) is 30.5 Å². The fourth-order valence-corrected chi connectivity index (χ4v) is 3.54. The lowest BCUT2D eigenvalue weighted by Gasteiger charge is -2.35. The van der Waals surface area contributed by atoms with Crippen molar-refractivity contribution in [2.75, 3.05) is 0 Å². The van der Waals surface area contributed by atoms with E-state index >= 15 is 0 Å². The highest BCUT2D eigenvalue weighted by atomic mass is 35.5. The molecular formula is C14H13ClN4O. The second kappa shape index (κ2) is 4.31. The van der Waals surface area contributed by atoms with Crippen LogP contribution < -0.4 is 0 Å². The van der Waals surface area contributed by atoms with Crippen molar-refractivity contribution in [1.82, 2.24) is 20.1 Å². The van der Waals surface area contributed by atoms with E-state index in [0.29, 0.717) is 10.7 Å². The molecule has 5 nitrogen and oxygen atoms in total. The number of pyridine rings is 1. The van der Waals surface area contributed by atoms with Crippen LogP contribution in [-0.2, 0) is 6.42 Å². The number of carbonyl (C=O) groups excluding carboxylic acids is 1. The maximum atomic E-state index is 12.6. The number of nitrogens with zero attached hydrogens (tertiary/aromatic N) is 3. The van der Waals surface area contributed by atoms with Crippen LogP contribution in [0.5, 0.6) is 0 Å². The zero-order valence-corrected chi connectivity index (χ0v) is 11.5. The Morgan fingerprint density at radius 3 is 3.15 bits per heavy atom. The van der Waals surface area contributed by atoms with E-state index in [4.69, 9.17) is 11.6 Å². The van der Waals surface area contributed by atoms with Gasteiger partial charge in [0.2, 0.25) is 0 Å². The minimum atomic E-state index is 0.0145. The number of amides is 1. The number of fused-ring (bicyclic) bond motifs is 4. The van der Waals surface area contributed by atoms with Crippen molar-refractivity contribution in [3.8, 4) is 0 Å². The molecular weight excluding hydrogens is 276 g/mol. The fourth-order valence-electron chi connectivity index (χ4n) is 3.38. The number of H-pyrrole nitrogens is 1. The molecule has 20 heavy (non-hydrogen) atoms. The lowest BCUT2D eigenvalue weighted by atomic mass is 9.97. The third kappa shape index (κ3) is 1.66. The summed E-state index contributed by atoms with van der Waals surface area (Å²) in [5.41, 5.74) is 2.72. The van der Waals surface area contributed by atoms with Crippen LogP contribution in [0.4, 0.5) is 0 Å². The molecule has 2 aromatic heterocycles. The summed E-state index contributed by atoms with van der Waals surface area (Å²) < 4.78 is 0. The highest BCUT2D eigenvalue weighted by Gasteiger charge is 2.43. The van der Waals surface area contributed by atoms with Gasteiger partial charge in [-0.2, -0.15) is 5.10 Å². The van der Waals surface area contributed by atoms with Gasteiger partial charge >= 0.3 is 0 Å². The lowest BCUT2D eigenvalue weighted by Crippen LogP contribution is -2.42. The van der Waals surface area contributed by atoms with Crippen molar-refractivity contribution >= 4 is 17.5 Å². The van der Waals surface area contributed by atoms with Crippen LogP contribution in [0.1, 0.15) is 40.6 Å². The first kappa shape index (κ1) is 11.9. The van der Waals surface area contributed by atoms with Gasteiger partial charge in [-0.15, -0.1) is 0 Å². The van der Waals surface area contributed by atoms with Crippen LogP contribution >= 0.6 is 11.6 Å². The number of aromatic amines is 1. The number of halogens is 1. The van der Waals surface area contributed by atoms with Crippen LogP contribution in [0.15, 0.2) is 24.5 Å². The summed E-state index contributed by atoms with van der Waals surface area (Å²) >= 11 is 6.06. The SMILES string of the molecule is O=C(c1ccn[nH]1)N1[C@H]2CC[C@H]1c1cc(Cl)cnc1C2. The van der Waals surface area contributed by atoms with Gasteiger partial charge in [-0.1, -0.05) is 11.6 Å². The molecule has 6 heteroatoms. The van der Waals surface area contributed by atoms with E-state index in [1.165, 1.54) is 0 Å². The van der Waals surface area contributed by atoms with Crippen LogP contribution in [0.25, 0.3) is 0 Å². The molecule has 1 fully saturated rings. The molecule has 2 aliphatic heterocycles. The smallest absolute Gasteiger partial charge is 0.272 e. The first-order chi connectivity index (χ1) is 9.74. The zero-order valence-electron chi connectivity index (χ0n) is 10.7. The third-order valence-electron chi connectivity index (χ3n) is 4.23. The zero-order chi connectivity index (χ0) is 13.7. The highest BCUT2D eigenvalue weighted by molar-refractivity contribution is 6.30. The molecule has 1 N–H and O–H groups in total. The predicted octanol–water partition coefficient (Wildman–Crippen LogP) is 2.36. The lowest BCUT2D eigenvalue weighted by molar-refractivity contribution is 0.0638. The molecule has 2 atom stereocenters. The molecule has 0 aromatic carbocycles. The molecule has 2 bridgehead atoms. The molecule has 0 radical (unpaired) electrons. The molecule has 102 valence electrons. The Morgan fingerprint density at radius 1 is 1.45 bits per heavy atom. The van der Waals surface area contributed by atoms with Crippen LogP contribution in [0.3, 0.4) is 0 Å². The van der Waals surface area contributed by atoms with E-state index in [2.05, 4.69) is 15.2 Å². The summed E-state index contributed by atoms with van der Waals surface area (Å²) in [7, 11) is 0. The minimum absolute atomic E-state index is 0.0145. The number of nitrogens with one attached hydrogen (secondary N) is 1. The molecule has 1 saturated heterocycles. The standard InChI is InChI=1S/C14H13ClN4O/c15-8-5-10-12(16-7-8)6-9-1-2-13(10)19(9)14(20)11-3-4-17-18-11/h3-5,7,9,13H,1-2,6H2,(H,17,18)/t9-,13-/m0/s1. The number of carbonyl (C=O) groups is 1.